The van der Waals surface area contributed by atoms with E-state index in [4.69, 9.17) is 16.2 Å². The van der Waals surface area contributed by atoms with E-state index in [1.807, 2.05) is 6.07 Å². The lowest BCUT2D eigenvalue weighted by atomic mass is 10.2. The largest absolute Gasteiger partial charge is 0.397 e. The number of hydrogen-bond acceptors (Lipinski definition) is 4. The third-order valence-electron chi connectivity index (χ3n) is 1.60. The second-order valence-electron chi connectivity index (χ2n) is 2.56. The number of anilines is 2. The first-order chi connectivity index (χ1) is 5.74. The fraction of sp³-hybridized carbons (Fsp3) is 0.375. The van der Waals surface area contributed by atoms with Crippen LogP contribution in [0.15, 0.2) is 12.3 Å². The molecule has 1 aromatic rings. The third-order valence-corrected chi connectivity index (χ3v) is 1.60. The van der Waals surface area contributed by atoms with Gasteiger partial charge < -0.3 is 16.2 Å². The van der Waals surface area contributed by atoms with Gasteiger partial charge in [-0.25, -0.2) is 4.98 Å². The Bertz CT molecular complexity index is 262. The normalized spacial score (nSPS) is 10.1. The number of aromatic nitrogens is 1. The summed E-state index contributed by atoms with van der Waals surface area (Å²) >= 11 is 0. The van der Waals surface area contributed by atoms with Crippen LogP contribution in [0.2, 0.25) is 0 Å². The summed E-state index contributed by atoms with van der Waals surface area (Å²) in [5.41, 5.74) is 12.7. The number of rotatable bonds is 3. The van der Waals surface area contributed by atoms with E-state index in [2.05, 4.69) is 4.98 Å². The molecule has 1 heterocycles. The lowest BCUT2D eigenvalue weighted by Gasteiger charge is -2.04. The summed E-state index contributed by atoms with van der Waals surface area (Å²) in [4.78, 5) is 3.93. The minimum absolute atomic E-state index is 0.529. The smallest absolute Gasteiger partial charge is 0.126 e. The van der Waals surface area contributed by atoms with Crippen LogP contribution in [-0.4, -0.2) is 18.7 Å². The summed E-state index contributed by atoms with van der Waals surface area (Å²) in [6.07, 6.45) is 2.30. The van der Waals surface area contributed by atoms with Crippen molar-refractivity contribution in [3.05, 3.63) is 17.8 Å². The first kappa shape index (κ1) is 8.80. The maximum absolute atomic E-state index is 5.61. The van der Waals surface area contributed by atoms with Crippen LogP contribution in [-0.2, 0) is 11.2 Å². The molecule has 0 unspecified atom stereocenters. The lowest BCUT2D eigenvalue weighted by Crippen LogP contribution is -2.02. The van der Waals surface area contributed by atoms with E-state index in [-0.39, 0.29) is 0 Å². The van der Waals surface area contributed by atoms with Crippen LogP contribution in [0.5, 0.6) is 0 Å². The van der Waals surface area contributed by atoms with Crippen molar-refractivity contribution in [3.8, 4) is 0 Å². The first-order valence-electron chi connectivity index (χ1n) is 3.73. The summed E-state index contributed by atoms with van der Waals surface area (Å²) in [7, 11) is 1.65. The Morgan fingerprint density at radius 1 is 1.50 bits per heavy atom. The fourth-order valence-corrected chi connectivity index (χ4v) is 0.952. The van der Waals surface area contributed by atoms with Crippen LogP contribution >= 0.6 is 0 Å². The quantitative estimate of drug-likeness (QED) is 0.684. The van der Waals surface area contributed by atoms with Gasteiger partial charge in [0, 0.05) is 7.11 Å². The summed E-state index contributed by atoms with van der Waals surface area (Å²) in [5, 5.41) is 0. The van der Waals surface area contributed by atoms with Crippen molar-refractivity contribution in [2.75, 3.05) is 25.2 Å². The number of pyridine rings is 1. The third kappa shape index (κ3) is 2.10. The first-order valence-corrected chi connectivity index (χ1v) is 3.73. The van der Waals surface area contributed by atoms with E-state index < -0.39 is 0 Å². The zero-order valence-electron chi connectivity index (χ0n) is 7.08. The van der Waals surface area contributed by atoms with E-state index in [0.29, 0.717) is 18.1 Å². The molecule has 1 aromatic heterocycles. The van der Waals surface area contributed by atoms with Gasteiger partial charge in [0.15, 0.2) is 0 Å². The van der Waals surface area contributed by atoms with Gasteiger partial charge in [0.25, 0.3) is 0 Å². The van der Waals surface area contributed by atoms with Crippen LogP contribution in [0.4, 0.5) is 11.5 Å². The van der Waals surface area contributed by atoms with Gasteiger partial charge >= 0.3 is 0 Å². The van der Waals surface area contributed by atoms with E-state index in [9.17, 15) is 0 Å². The van der Waals surface area contributed by atoms with Crippen molar-refractivity contribution in [1.82, 2.24) is 4.98 Å². The molecular formula is C8H13N3O. The topological polar surface area (TPSA) is 74.2 Å². The Labute approximate surface area is 71.5 Å². The van der Waals surface area contributed by atoms with Gasteiger partial charge in [0.1, 0.15) is 5.82 Å². The Morgan fingerprint density at radius 3 is 2.92 bits per heavy atom. The molecule has 0 aliphatic heterocycles. The Kier molecular flexibility index (Phi) is 2.88. The average molecular weight is 167 g/mol. The molecule has 0 saturated carbocycles. The highest BCUT2D eigenvalue weighted by Crippen LogP contribution is 2.12. The molecule has 0 bridgehead atoms. The SMILES string of the molecule is COCCc1cc(N)cnc1N. The minimum atomic E-state index is 0.529. The second-order valence-corrected chi connectivity index (χ2v) is 2.56. The zero-order chi connectivity index (χ0) is 8.97. The van der Waals surface area contributed by atoms with Gasteiger partial charge in [-0.15, -0.1) is 0 Å². The molecule has 0 atom stereocenters. The molecule has 0 aliphatic carbocycles. The maximum Gasteiger partial charge on any atom is 0.126 e. The molecule has 0 aliphatic rings. The predicted molar refractivity (Wildman–Crippen MR) is 48.6 cm³/mol. The minimum Gasteiger partial charge on any atom is -0.397 e. The Balaban J connectivity index is 2.75. The Morgan fingerprint density at radius 2 is 2.25 bits per heavy atom. The van der Waals surface area contributed by atoms with Crippen molar-refractivity contribution in [3.63, 3.8) is 0 Å². The standard InChI is InChI=1S/C8H13N3O/c1-12-3-2-6-4-7(9)5-11-8(6)10/h4-5H,2-3,9H2,1H3,(H2,10,11). The van der Waals surface area contributed by atoms with Crippen molar-refractivity contribution < 1.29 is 4.74 Å². The molecule has 0 saturated heterocycles. The highest BCUT2D eigenvalue weighted by molar-refractivity contribution is 5.48. The van der Waals surface area contributed by atoms with Gasteiger partial charge in [0.05, 0.1) is 18.5 Å². The molecular weight excluding hydrogens is 154 g/mol. The lowest BCUT2D eigenvalue weighted by molar-refractivity contribution is 0.202. The van der Waals surface area contributed by atoms with Crippen LogP contribution in [0, 0.1) is 0 Å². The van der Waals surface area contributed by atoms with Crippen molar-refractivity contribution >= 4 is 11.5 Å². The summed E-state index contributed by atoms with van der Waals surface area (Å²) in [6, 6.07) is 1.82. The van der Waals surface area contributed by atoms with Crippen LogP contribution in [0.25, 0.3) is 0 Å². The highest BCUT2D eigenvalue weighted by Gasteiger charge is 1.99. The molecule has 0 aromatic carbocycles. The Hall–Kier alpha value is -1.29. The fourth-order valence-electron chi connectivity index (χ4n) is 0.952. The molecule has 1 rings (SSSR count). The maximum atomic E-state index is 5.61. The summed E-state index contributed by atoms with van der Waals surface area (Å²) < 4.78 is 4.92. The number of hydrogen-bond donors (Lipinski definition) is 2. The van der Waals surface area contributed by atoms with E-state index in [1.54, 1.807) is 13.3 Å². The molecule has 0 fully saturated rings. The van der Waals surface area contributed by atoms with Gasteiger partial charge in [-0.3, -0.25) is 0 Å². The molecule has 4 nitrogen and oxygen atoms in total. The van der Waals surface area contributed by atoms with Crippen molar-refractivity contribution in [2.45, 2.75) is 6.42 Å². The molecule has 0 radical (unpaired) electrons. The van der Waals surface area contributed by atoms with E-state index in [0.717, 1.165) is 12.0 Å². The van der Waals surface area contributed by atoms with Crippen molar-refractivity contribution in [2.24, 2.45) is 0 Å². The van der Waals surface area contributed by atoms with Gasteiger partial charge in [-0.05, 0) is 18.1 Å². The monoisotopic (exact) mass is 167 g/mol. The number of methoxy groups -OCH3 is 1. The van der Waals surface area contributed by atoms with Crippen LogP contribution in [0.1, 0.15) is 5.56 Å². The van der Waals surface area contributed by atoms with E-state index >= 15 is 0 Å². The number of nitrogens with zero attached hydrogens (tertiary/aromatic N) is 1. The molecule has 66 valence electrons. The van der Waals surface area contributed by atoms with E-state index in [1.165, 1.54) is 0 Å². The number of ether oxygens (including phenoxy) is 1. The molecule has 12 heavy (non-hydrogen) atoms. The predicted octanol–water partition coefficient (Wildman–Crippen LogP) is 0.435. The highest BCUT2D eigenvalue weighted by atomic mass is 16.5. The second kappa shape index (κ2) is 3.92. The molecule has 0 spiro atoms. The molecule has 0 amide bonds. The molecule has 4 N–H and O–H groups in total. The van der Waals surface area contributed by atoms with Crippen molar-refractivity contribution in [1.29, 1.82) is 0 Å². The van der Waals surface area contributed by atoms with Gasteiger partial charge in [-0.1, -0.05) is 0 Å². The zero-order valence-corrected chi connectivity index (χ0v) is 7.08. The number of nitrogen functional groups attached to an aromatic ring is 2. The summed E-state index contributed by atoms with van der Waals surface area (Å²) in [5.74, 6) is 0.529. The van der Waals surface area contributed by atoms with Crippen LogP contribution in [0.3, 0.4) is 0 Å². The molecule has 4 heteroatoms. The average Bonchev–Trinajstić information content (AvgIpc) is 2.07. The number of nitrogens with two attached hydrogens (primary N) is 2. The summed E-state index contributed by atoms with van der Waals surface area (Å²) in [6.45, 7) is 0.634. The van der Waals surface area contributed by atoms with Gasteiger partial charge in [-0.2, -0.15) is 0 Å². The van der Waals surface area contributed by atoms with Gasteiger partial charge in [0.2, 0.25) is 0 Å². The van der Waals surface area contributed by atoms with Crippen LogP contribution < -0.4 is 11.5 Å².